The van der Waals surface area contributed by atoms with Crippen LogP contribution in [0.5, 0.6) is 5.75 Å². The second-order valence-electron chi connectivity index (χ2n) is 6.87. The van der Waals surface area contributed by atoms with Crippen LogP contribution in [0.3, 0.4) is 0 Å². The van der Waals surface area contributed by atoms with E-state index in [1.54, 1.807) is 24.3 Å². The molecule has 3 aromatic rings. The van der Waals surface area contributed by atoms with Crippen molar-refractivity contribution < 1.29 is 19.4 Å². The third-order valence-electron chi connectivity index (χ3n) is 4.99. The van der Waals surface area contributed by atoms with Crippen molar-refractivity contribution in [2.75, 3.05) is 12.0 Å². The van der Waals surface area contributed by atoms with Gasteiger partial charge in [-0.3, -0.25) is 14.5 Å². The average Bonchev–Trinajstić information content (AvgIpc) is 3.35. The minimum absolute atomic E-state index is 0.0317. The summed E-state index contributed by atoms with van der Waals surface area (Å²) in [5.74, 6) is -1.24. The van der Waals surface area contributed by atoms with Crippen molar-refractivity contribution in [2.45, 2.75) is 13.0 Å². The van der Waals surface area contributed by atoms with Crippen molar-refractivity contribution in [3.8, 4) is 5.75 Å². The van der Waals surface area contributed by atoms with Crippen LogP contribution < -0.4 is 9.64 Å². The molecule has 0 saturated carbocycles. The molecule has 1 aliphatic heterocycles. The van der Waals surface area contributed by atoms with Gasteiger partial charge in [-0.2, -0.15) is 0 Å². The fourth-order valence-corrected chi connectivity index (χ4v) is 4.57. The minimum atomic E-state index is -0.738. The Labute approximate surface area is 182 Å². The molecule has 2 aromatic carbocycles. The number of nitrogens with zero attached hydrogens (tertiary/aromatic N) is 1. The van der Waals surface area contributed by atoms with Crippen molar-refractivity contribution in [3.63, 3.8) is 0 Å². The van der Waals surface area contributed by atoms with Gasteiger partial charge in [-0.25, -0.2) is 0 Å². The number of Topliss-reactive ketones (excluding diaryl/α,β-unsaturated/α-hetero) is 1. The highest BCUT2D eigenvalue weighted by Gasteiger charge is 2.47. The quantitative estimate of drug-likeness (QED) is 0.338. The number of thiophene rings is 1. The van der Waals surface area contributed by atoms with Crippen LogP contribution in [0.2, 0.25) is 5.02 Å². The number of benzene rings is 2. The standard InChI is InChI=1S/C23H18ClNO4S/c1-13-5-8-15(9-6-13)25-20(18-4-3-11-30-18)19(22(27)23(25)28)21(26)14-7-10-17(29-2)16(24)12-14/h3-12,20,26H,1-2H3/b21-19-. The molecule has 1 fully saturated rings. The number of anilines is 1. The second-order valence-corrected chi connectivity index (χ2v) is 8.26. The summed E-state index contributed by atoms with van der Waals surface area (Å²) in [6, 6.07) is 15.0. The maximum Gasteiger partial charge on any atom is 0.300 e. The number of ketones is 1. The van der Waals surface area contributed by atoms with E-state index in [1.165, 1.54) is 29.4 Å². The maximum absolute atomic E-state index is 13.0. The van der Waals surface area contributed by atoms with Crippen LogP contribution in [-0.2, 0) is 9.59 Å². The molecule has 0 radical (unpaired) electrons. The molecule has 1 aromatic heterocycles. The van der Waals surface area contributed by atoms with E-state index >= 15 is 0 Å². The summed E-state index contributed by atoms with van der Waals surface area (Å²) in [6.45, 7) is 1.95. The van der Waals surface area contributed by atoms with Crippen molar-refractivity contribution in [1.82, 2.24) is 0 Å². The Morgan fingerprint density at radius 3 is 2.47 bits per heavy atom. The van der Waals surface area contributed by atoms with Gasteiger partial charge in [0.05, 0.1) is 17.7 Å². The van der Waals surface area contributed by atoms with Crippen LogP contribution in [0, 0.1) is 6.92 Å². The van der Waals surface area contributed by atoms with Crippen molar-refractivity contribution in [3.05, 3.63) is 86.6 Å². The van der Waals surface area contributed by atoms with E-state index in [-0.39, 0.29) is 11.3 Å². The van der Waals surface area contributed by atoms with Crippen molar-refractivity contribution >= 4 is 46.1 Å². The van der Waals surface area contributed by atoms with E-state index in [0.717, 1.165) is 10.4 Å². The fourth-order valence-electron chi connectivity index (χ4n) is 3.49. The van der Waals surface area contributed by atoms with Crippen LogP contribution in [0.25, 0.3) is 5.76 Å². The van der Waals surface area contributed by atoms with Gasteiger partial charge < -0.3 is 9.84 Å². The van der Waals surface area contributed by atoms with Gasteiger partial charge >= 0.3 is 0 Å². The zero-order valence-electron chi connectivity index (χ0n) is 16.3. The van der Waals surface area contributed by atoms with Crippen molar-refractivity contribution in [1.29, 1.82) is 0 Å². The first-order valence-electron chi connectivity index (χ1n) is 9.17. The summed E-state index contributed by atoms with van der Waals surface area (Å²) in [6.07, 6.45) is 0. The number of carbonyl (C=O) groups excluding carboxylic acids is 2. The number of carbonyl (C=O) groups is 2. The maximum atomic E-state index is 13.0. The van der Waals surface area contributed by atoms with Gasteiger partial charge in [0.1, 0.15) is 17.6 Å². The molecule has 7 heteroatoms. The van der Waals surface area contributed by atoms with E-state index in [1.807, 2.05) is 36.6 Å². The van der Waals surface area contributed by atoms with E-state index in [9.17, 15) is 14.7 Å². The molecule has 0 aliphatic carbocycles. The number of halogens is 1. The summed E-state index contributed by atoms with van der Waals surface area (Å²) >= 11 is 7.62. The fraction of sp³-hybridized carbons (Fsp3) is 0.130. The molecule has 0 bridgehead atoms. The normalized spacial score (nSPS) is 18.1. The van der Waals surface area contributed by atoms with Crippen molar-refractivity contribution in [2.24, 2.45) is 0 Å². The molecule has 1 amide bonds. The molecule has 5 nitrogen and oxygen atoms in total. The number of hydrogen-bond donors (Lipinski definition) is 1. The highest BCUT2D eigenvalue weighted by molar-refractivity contribution is 7.10. The Kier molecular flexibility index (Phi) is 5.37. The van der Waals surface area contributed by atoms with Crippen LogP contribution in [0.1, 0.15) is 22.0 Å². The molecular formula is C23H18ClNO4S. The summed E-state index contributed by atoms with van der Waals surface area (Å²) in [5.41, 5.74) is 2.00. The molecule has 4 rings (SSSR count). The number of aliphatic hydroxyl groups is 1. The molecule has 1 unspecified atom stereocenters. The summed E-state index contributed by atoms with van der Waals surface area (Å²) in [4.78, 5) is 28.2. The number of amides is 1. The number of rotatable bonds is 4. The average molecular weight is 440 g/mol. The van der Waals surface area contributed by atoms with Gasteiger partial charge in [-0.05, 0) is 48.7 Å². The molecule has 2 heterocycles. The molecule has 1 N–H and O–H groups in total. The molecule has 1 atom stereocenters. The number of ether oxygens (including phenoxy) is 1. The Morgan fingerprint density at radius 1 is 1.13 bits per heavy atom. The lowest BCUT2D eigenvalue weighted by Gasteiger charge is -2.24. The number of aryl methyl sites for hydroxylation is 1. The van der Waals surface area contributed by atoms with Gasteiger partial charge in [0, 0.05) is 16.1 Å². The monoisotopic (exact) mass is 439 g/mol. The zero-order chi connectivity index (χ0) is 21.4. The SMILES string of the molecule is COc1ccc(/C(O)=C2/C(=O)C(=O)N(c3ccc(C)cc3)C2c2cccs2)cc1Cl. The van der Waals surface area contributed by atoms with Gasteiger partial charge in [0.15, 0.2) is 0 Å². The topological polar surface area (TPSA) is 66.8 Å². The van der Waals surface area contributed by atoms with Gasteiger partial charge in [-0.15, -0.1) is 11.3 Å². The van der Waals surface area contributed by atoms with Crippen LogP contribution in [0.15, 0.2) is 65.6 Å². The van der Waals surface area contributed by atoms with Crippen LogP contribution in [-0.4, -0.2) is 23.9 Å². The third-order valence-corrected chi connectivity index (χ3v) is 6.21. The summed E-state index contributed by atoms with van der Waals surface area (Å²) < 4.78 is 5.15. The zero-order valence-corrected chi connectivity index (χ0v) is 17.8. The highest BCUT2D eigenvalue weighted by Crippen LogP contribution is 2.44. The first-order valence-corrected chi connectivity index (χ1v) is 10.4. The predicted molar refractivity (Wildman–Crippen MR) is 118 cm³/mol. The smallest absolute Gasteiger partial charge is 0.300 e. The highest BCUT2D eigenvalue weighted by atomic mass is 35.5. The lowest BCUT2D eigenvalue weighted by Crippen LogP contribution is -2.29. The second kappa shape index (κ2) is 7.97. The Bertz CT molecular complexity index is 1150. The van der Waals surface area contributed by atoms with E-state index < -0.39 is 17.7 Å². The molecular weight excluding hydrogens is 422 g/mol. The lowest BCUT2D eigenvalue weighted by atomic mass is 9.99. The van der Waals surface area contributed by atoms with E-state index in [0.29, 0.717) is 22.0 Å². The van der Waals surface area contributed by atoms with E-state index in [2.05, 4.69) is 0 Å². The van der Waals surface area contributed by atoms with Crippen LogP contribution in [0.4, 0.5) is 5.69 Å². The molecule has 0 spiro atoms. The first-order chi connectivity index (χ1) is 14.4. The number of methoxy groups -OCH3 is 1. The Balaban J connectivity index is 1.90. The number of hydrogen-bond acceptors (Lipinski definition) is 5. The van der Waals surface area contributed by atoms with Crippen LogP contribution >= 0.6 is 22.9 Å². The van der Waals surface area contributed by atoms with Gasteiger partial charge in [0.2, 0.25) is 0 Å². The Morgan fingerprint density at radius 2 is 1.87 bits per heavy atom. The van der Waals surface area contributed by atoms with Gasteiger partial charge in [-0.1, -0.05) is 35.4 Å². The molecule has 1 saturated heterocycles. The summed E-state index contributed by atoms with van der Waals surface area (Å²) in [5, 5.41) is 13.2. The molecule has 1 aliphatic rings. The molecule has 152 valence electrons. The minimum Gasteiger partial charge on any atom is -0.507 e. The first kappa shape index (κ1) is 20.2. The third kappa shape index (κ3) is 3.38. The number of aliphatic hydroxyl groups excluding tert-OH is 1. The van der Waals surface area contributed by atoms with E-state index in [4.69, 9.17) is 16.3 Å². The lowest BCUT2D eigenvalue weighted by molar-refractivity contribution is -0.132. The Hall–Kier alpha value is -3.09. The largest absolute Gasteiger partial charge is 0.507 e. The summed E-state index contributed by atoms with van der Waals surface area (Å²) in [7, 11) is 1.49. The van der Waals surface area contributed by atoms with Gasteiger partial charge in [0.25, 0.3) is 11.7 Å². The predicted octanol–water partition coefficient (Wildman–Crippen LogP) is 5.34. The molecule has 30 heavy (non-hydrogen) atoms.